The van der Waals surface area contributed by atoms with Gasteiger partial charge < -0.3 is 19.9 Å². The van der Waals surface area contributed by atoms with E-state index in [1.165, 1.54) is 12.1 Å². The Hall–Kier alpha value is -2.64. The predicted molar refractivity (Wildman–Crippen MR) is 106 cm³/mol. The number of anilines is 2. The summed E-state index contributed by atoms with van der Waals surface area (Å²) in [6.45, 7) is 3.86. The fraction of sp³-hybridized carbons (Fsp3) is 0.300. The number of pyridine rings is 1. The topological polar surface area (TPSA) is 57.7 Å². The standard InChI is InChI=1S/C20H18ClFN4O2/c1-25-4-6-26(7-5-25)19-17(21)14-10-28-18(13(14)9-23-19)16-12-8-11(22)2-3-15(12)24-20(16)27/h2-3,8-9H,4-7,10H2,1H3,(H,24,27). The predicted octanol–water partition coefficient (Wildman–Crippen LogP) is 2.98. The molecule has 0 unspecified atom stereocenters. The number of hydrogen-bond donors (Lipinski definition) is 1. The van der Waals surface area contributed by atoms with E-state index in [-0.39, 0.29) is 12.5 Å². The molecule has 0 radical (unpaired) electrons. The van der Waals surface area contributed by atoms with E-state index in [2.05, 4.69) is 27.1 Å². The Morgan fingerprint density at radius 1 is 1.21 bits per heavy atom. The largest absolute Gasteiger partial charge is 0.487 e. The maximum absolute atomic E-state index is 13.8. The maximum Gasteiger partial charge on any atom is 0.260 e. The molecule has 1 aromatic heterocycles. The summed E-state index contributed by atoms with van der Waals surface area (Å²) in [4.78, 5) is 21.5. The van der Waals surface area contributed by atoms with Gasteiger partial charge in [0.15, 0.2) is 0 Å². The van der Waals surface area contributed by atoms with Crippen molar-refractivity contribution in [2.45, 2.75) is 6.61 Å². The van der Waals surface area contributed by atoms with Crippen LogP contribution >= 0.6 is 11.6 Å². The summed E-state index contributed by atoms with van der Waals surface area (Å²) in [6.07, 6.45) is 1.70. The second-order valence-corrected chi connectivity index (χ2v) is 7.59. The lowest BCUT2D eigenvalue weighted by Gasteiger charge is -2.33. The van der Waals surface area contributed by atoms with Gasteiger partial charge in [-0.05, 0) is 25.2 Å². The van der Waals surface area contributed by atoms with Gasteiger partial charge in [0.05, 0.1) is 10.6 Å². The minimum Gasteiger partial charge on any atom is -0.487 e. The lowest BCUT2D eigenvalue weighted by Crippen LogP contribution is -2.45. The molecule has 0 spiro atoms. The van der Waals surface area contributed by atoms with Gasteiger partial charge in [0.1, 0.15) is 24.0 Å². The molecule has 1 fully saturated rings. The summed E-state index contributed by atoms with van der Waals surface area (Å²) < 4.78 is 19.6. The van der Waals surface area contributed by atoms with E-state index in [1.807, 2.05) is 0 Å². The van der Waals surface area contributed by atoms with Crippen LogP contribution in [0.5, 0.6) is 0 Å². The molecule has 5 rings (SSSR count). The minimum atomic E-state index is -0.409. The van der Waals surface area contributed by atoms with E-state index >= 15 is 0 Å². The molecule has 0 aliphatic carbocycles. The first kappa shape index (κ1) is 17.5. The highest BCUT2D eigenvalue weighted by molar-refractivity contribution is 6.37. The fourth-order valence-electron chi connectivity index (χ4n) is 3.88. The van der Waals surface area contributed by atoms with E-state index in [0.717, 1.165) is 37.6 Å². The lowest BCUT2D eigenvalue weighted by atomic mass is 10.0. The number of fused-ring (bicyclic) bond motifs is 2. The van der Waals surface area contributed by atoms with Gasteiger partial charge in [0.25, 0.3) is 5.91 Å². The summed E-state index contributed by atoms with van der Waals surface area (Å²) >= 11 is 6.68. The van der Waals surface area contributed by atoms with Crippen LogP contribution in [-0.4, -0.2) is 49.0 Å². The van der Waals surface area contributed by atoms with Crippen LogP contribution in [0.25, 0.3) is 11.3 Å². The van der Waals surface area contributed by atoms with Gasteiger partial charge in [-0.2, -0.15) is 0 Å². The molecule has 3 aliphatic rings. The quantitative estimate of drug-likeness (QED) is 0.746. The summed E-state index contributed by atoms with van der Waals surface area (Å²) in [5.41, 5.74) is 2.88. The molecule has 28 heavy (non-hydrogen) atoms. The van der Waals surface area contributed by atoms with Crippen LogP contribution < -0.4 is 10.2 Å². The van der Waals surface area contributed by atoms with Crippen molar-refractivity contribution in [3.8, 4) is 0 Å². The lowest BCUT2D eigenvalue weighted by molar-refractivity contribution is -0.110. The van der Waals surface area contributed by atoms with Crippen molar-refractivity contribution in [1.29, 1.82) is 0 Å². The Balaban J connectivity index is 1.58. The normalized spacial score (nSPS) is 21.4. The number of halogens is 2. The van der Waals surface area contributed by atoms with Gasteiger partial charge >= 0.3 is 0 Å². The Morgan fingerprint density at radius 3 is 2.79 bits per heavy atom. The molecule has 4 heterocycles. The average molecular weight is 401 g/mol. The van der Waals surface area contributed by atoms with Gasteiger partial charge in [0.2, 0.25) is 0 Å². The number of benzene rings is 1. The molecule has 6 nitrogen and oxygen atoms in total. The number of hydrogen-bond acceptors (Lipinski definition) is 5. The second-order valence-electron chi connectivity index (χ2n) is 7.22. The molecule has 1 amide bonds. The first-order chi connectivity index (χ1) is 13.5. The van der Waals surface area contributed by atoms with Crippen molar-refractivity contribution in [2.75, 3.05) is 43.4 Å². The summed E-state index contributed by atoms with van der Waals surface area (Å²) in [7, 11) is 2.09. The molecule has 1 saturated heterocycles. The van der Waals surface area contributed by atoms with Crippen LogP contribution in [0.2, 0.25) is 5.02 Å². The van der Waals surface area contributed by atoms with Crippen molar-refractivity contribution in [1.82, 2.24) is 9.88 Å². The fourth-order valence-corrected chi connectivity index (χ4v) is 4.21. The Morgan fingerprint density at radius 2 is 2.00 bits per heavy atom. The molecular weight excluding hydrogens is 383 g/mol. The zero-order chi connectivity index (χ0) is 19.4. The molecule has 0 bridgehead atoms. The van der Waals surface area contributed by atoms with Crippen LogP contribution in [-0.2, 0) is 16.1 Å². The van der Waals surface area contributed by atoms with Gasteiger partial charge in [-0.15, -0.1) is 0 Å². The van der Waals surface area contributed by atoms with Crippen LogP contribution in [0.1, 0.15) is 16.7 Å². The van der Waals surface area contributed by atoms with Crippen LogP contribution in [0.15, 0.2) is 24.4 Å². The molecule has 144 valence electrons. The molecular formula is C20H18ClFN4O2. The van der Waals surface area contributed by atoms with Crippen molar-refractivity contribution in [3.63, 3.8) is 0 Å². The zero-order valence-electron chi connectivity index (χ0n) is 15.3. The number of piperazine rings is 1. The van der Waals surface area contributed by atoms with Crippen molar-refractivity contribution in [3.05, 3.63) is 51.9 Å². The number of nitrogens with one attached hydrogen (secondary N) is 1. The van der Waals surface area contributed by atoms with E-state index < -0.39 is 5.82 Å². The zero-order valence-corrected chi connectivity index (χ0v) is 16.0. The van der Waals surface area contributed by atoms with Crippen LogP contribution in [0.4, 0.5) is 15.9 Å². The molecule has 2 aromatic rings. The van der Waals surface area contributed by atoms with Gasteiger partial charge in [-0.3, -0.25) is 4.79 Å². The number of aromatic nitrogens is 1. The summed E-state index contributed by atoms with van der Waals surface area (Å²) in [6, 6.07) is 4.20. The summed E-state index contributed by atoms with van der Waals surface area (Å²) in [5, 5.41) is 3.31. The first-order valence-corrected chi connectivity index (χ1v) is 9.50. The number of carbonyl (C=O) groups excluding carboxylic acids is 1. The third kappa shape index (κ3) is 2.65. The van der Waals surface area contributed by atoms with Crippen molar-refractivity contribution < 1.29 is 13.9 Å². The number of amides is 1. The highest BCUT2D eigenvalue weighted by Gasteiger charge is 2.35. The minimum absolute atomic E-state index is 0.258. The number of rotatable bonds is 1. The Labute approximate surface area is 166 Å². The average Bonchev–Trinajstić information content (AvgIpc) is 3.23. The number of carbonyl (C=O) groups is 1. The number of likely N-dealkylation sites (N-methyl/N-ethyl adjacent to an activating group) is 1. The molecule has 1 N–H and O–H groups in total. The molecule has 1 aromatic carbocycles. The van der Waals surface area contributed by atoms with Crippen LogP contribution in [0, 0.1) is 5.82 Å². The smallest absolute Gasteiger partial charge is 0.260 e. The Kier molecular flexibility index (Phi) is 4.03. The van der Waals surface area contributed by atoms with Crippen molar-refractivity contribution >= 4 is 40.3 Å². The first-order valence-electron chi connectivity index (χ1n) is 9.12. The monoisotopic (exact) mass is 400 g/mol. The molecule has 0 atom stereocenters. The van der Waals surface area contributed by atoms with E-state index in [9.17, 15) is 9.18 Å². The van der Waals surface area contributed by atoms with Gasteiger partial charge in [-0.1, -0.05) is 11.6 Å². The third-order valence-corrected chi connectivity index (χ3v) is 5.86. The summed E-state index contributed by atoms with van der Waals surface area (Å²) in [5.74, 6) is 0.415. The molecule has 0 saturated carbocycles. The number of ether oxygens (including phenoxy) is 1. The SMILES string of the molecule is CN1CCN(c2ncc3c(c2Cl)COC3=C2C(=O)Nc3ccc(F)cc32)CC1. The Bertz CT molecular complexity index is 1030. The van der Waals surface area contributed by atoms with E-state index in [1.54, 1.807) is 12.3 Å². The second kappa shape index (κ2) is 6.46. The molecule has 8 heteroatoms. The highest BCUT2D eigenvalue weighted by Crippen LogP contribution is 2.44. The van der Waals surface area contributed by atoms with Gasteiger partial charge in [-0.25, -0.2) is 9.37 Å². The molecule has 3 aliphatic heterocycles. The maximum atomic E-state index is 13.8. The number of nitrogens with zero attached hydrogens (tertiary/aromatic N) is 3. The van der Waals surface area contributed by atoms with E-state index in [0.29, 0.717) is 33.2 Å². The highest BCUT2D eigenvalue weighted by atomic mass is 35.5. The van der Waals surface area contributed by atoms with E-state index in [4.69, 9.17) is 16.3 Å². The third-order valence-electron chi connectivity index (χ3n) is 5.46. The van der Waals surface area contributed by atoms with Crippen molar-refractivity contribution in [2.24, 2.45) is 0 Å². The van der Waals surface area contributed by atoms with Gasteiger partial charge in [0, 0.05) is 54.8 Å². The van der Waals surface area contributed by atoms with Crippen LogP contribution in [0.3, 0.4) is 0 Å².